The number of anilines is 1. The van der Waals surface area contributed by atoms with Gasteiger partial charge >= 0.3 is 0 Å². The van der Waals surface area contributed by atoms with Crippen LogP contribution >= 0.6 is 11.3 Å². The molecule has 0 bridgehead atoms. The molecule has 3 N–H and O–H groups in total. The molecule has 2 aromatic rings. The molecule has 0 saturated carbocycles. The van der Waals surface area contributed by atoms with E-state index in [2.05, 4.69) is 29.8 Å². The number of thiophene rings is 1. The van der Waals surface area contributed by atoms with Crippen molar-refractivity contribution in [2.45, 2.75) is 25.8 Å². The highest BCUT2D eigenvalue weighted by Gasteiger charge is 2.18. The molecule has 3 nitrogen and oxygen atoms in total. The minimum Gasteiger partial charge on any atom is -0.326 e. The fourth-order valence-electron chi connectivity index (χ4n) is 2.45. The number of amides is 1. The summed E-state index contributed by atoms with van der Waals surface area (Å²) in [5.74, 6) is 0.0960. The molecule has 1 amide bonds. The molecule has 0 radical (unpaired) electrons. The van der Waals surface area contributed by atoms with E-state index in [4.69, 9.17) is 5.73 Å². The van der Waals surface area contributed by atoms with Gasteiger partial charge in [0.25, 0.3) is 0 Å². The van der Waals surface area contributed by atoms with Crippen LogP contribution in [0.25, 0.3) is 0 Å². The predicted molar refractivity (Wildman–Crippen MR) is 78.5 cm³/mol. The number of fused-ring (bicyclic) bond motifs is 1. The second-order valence-electron chi connectivity index (χ2n) is 4.91. The van der Waals surface area contributed by atoms with E-state index in [9.17, 15) is 4.79 Å². The second kappa shape index (κ2) is 4.79. The Morgan fingerprint density at radius 3 is 2.89 bits per heavy atom. The van der Waals surface area contributed by atoms with Crippen LogP contribution in [0.15, 0.2) is 29.6 Å². The van der Waals surface area contributed by atoms with Crippen molar-refractivity contribution in [3.05, 3.63) is 51.2 Å². The number of benzene rings is 1. The molecule has 19 heavy (non-hydrogen) atoms. The van der Waals surface area contributed by atoms with Gasteiger partial charge in [0.15, 0.2) is 0 Å². The maximum Gasteiger partial charge on any atom is 0.224 e. The summed E-state index contributed by atoms with van der Waals surface area (Å²) < 4.78 is 0. The molecule has 1 unspecified atom stereocenters. The minimum atomic E-state index is -0.0806. The molecule has 1 aromatic heterocycles. The van der Waals surface area contributed by atoms with E-state index < -0.39 is 0 Å². The summed E-state index contributed by atoms with van der Waals surface area (Å²) in [5, 5.41) is 4.97. The van der Waals surface area contributed by atoms with Crippen LogP contribution in [0.3, 0.4) is 0 Å². The Labute approximate surface area is 116 Å². The lowest BCUT2D eigenvalue weighted by Crippen LogP contribution is -2.20. The van der Waals surface area contributed by atoms with Gasteiger partial charge in [0.05, 0.1) is 6.04 Å². The van der Waals surface area contributed by atoms with Gasteiger partial charge in [-0.15, -0.1) is 11.3 Å². The quantitative estimate of drug-likeness (QED) is 0.883. The summed E-state index contributed by atoms with van der Waals surface area (Å²) in [7, 11) is 0. The van der Waals surface area contributed by atoms with Crippen molar-refractivity contribution in [1.82, 2.24) is 0 Å². The molecule has 0 fully saturated rings. The number of hydrogen-bond acceptors (Lipinski definition) is 3. The number of hydrogen-bond donors (Lipinski definition) is 2. The van der Waals surface area contributed by atoms with Gasteiger partial charge in [-0.3, -0.25) is 4.79 Å². The number of carbonyl (C=O) groups is 1. The summed E-state index contributed by atoms with van der Waals surface area (Å²) in [5.41, 5.74) is 10.8. The monoisotopic (exact) mass is 272 g/mol. The maximum atomic E-state index is 11.3. The zero-order chi connectivity index (χ0) is 13.4. The lowest BCUT2D eigenvalue weighted by molar-refractivity contribution is -0.116. The van der Waals surface area contributed by atoms with E-state index in [1.54, 1.807) is 11.3 Å². The largest absolute Gasteiger partial charge is 0.326 e. The molecule has 98 valence electrons. The third-order valence-corrected chi connectivity index (χ3v) is 4.67. The van der Waals surface area contributed by atoms with E-state index in [1.807, 2.05) is 12.1 Å². The number of rotatable bonds is 2. The highest BCUT2D eigenvalue weighted by Crippen LogP contribution is 2.31. The van der Waals surface area contributed by atoms with Gasteiger partial charge in [-0.05, 0) is 47.5 Å². The zero-order valence-electron chi connectivity index (χ0n) is 10.8. The van der Waals surface area contributed by atoms with Gasteiger partial charge in [-0.1, -0.05) is 12.1 Å². The molecule has 1 aliphatic heterocycles. The fraction of sp³-hybridized carbons (Fsp3) is 0.267. The summed E-state index contributed by atoms with van der Waals surface area (Å²) in [6.07, 6.45) is 1.36. The van der Waals surface area contributed by atoms with Crippen molar-refractivity contribution in [2.24, 2.45) is 5.73 Å². The van der Waals surface area contributed by atoms with Gasteiger partial charge < -0.3 is 11.1 Å². The van der Waals surface area contributed by atoms with E-state index in [0.29, 0.717) is 6.42 Å². The smallest absolute Gasteiger partial charge is 0.224 e. The van der Waals surface area contributed by atoms with E-state index >= 15 is 0 Å². The molecular weight excluding hydrogens is 256 g/mol. The van der Waals surface area contributed by atoms with E-state index in [-0.39, 0.29) is 11.9 Å². The lowest BCUT2D eigenvalue weighted by Gasteiger charge is -2.19. The number of nitrogens with two attached hydrogens (primary N) is 1. The summed E-state index contributed by atoms with van der Waals surface area (Å²) >= 11 is 1.70. The van der Waals surface area contributed by atoms with Gasteiger partial charge in [0.1, 0.15) is 0 Å². The Kier molecular flexibility index (Phi) is 3.12. The topological polar surface area (TPSA) is 55.1 Å². The molecule has 0 aliphatic carbocycles. The minimum absolute atomic E-state index is 0.0806. The van der Waals surface area contributed by atoms with E-state index in [0.717, 1.165) is 17.7 Å². The molecule has 1 aliphatic rings. The second-order valence-corrected chi connectivity index (χ2v) is 5.86. The first-order chi connectivity index (χ1) is 9.15. The molecule has 3 rings (SSSR count). The SMILES string of the molecule is Cc1ccsc1C(N)c1ccc2c(c1)CCC(=O)N2. The summed E-state index contributed by atoms with van der Waals surface area (Å²) in [6.45, 7) is 2.09. The van der Waals surface area contributed by atoms with Crippen LogP contribution in [0.5, 0.6) is 0 Å². The fourth-order valence-corrected chi connectivity index (χ4v) is 3.41. The van der Waals surface area contributed by atoms with Gasteiger partial charge in [-0.2, -0.15) is 0 Å². The van der Waals surface area contributed by atoms with Crippen LogP contribution in [-0.2, 0) is 11.2 Å². The molecule has 0 spiro atoms. The number of nitrogens with one attached hydrogen (secondary N) is 1. The highest BCUT2D eigenvalue weighted by molar-refractivity contribution is 7.10. The Morgan fingerprint density at radius 2 is 2.16 bits per heavy atom. The van der Waals surface area contributed by atoms with Crippen molar-refractivity contribution in [3.63, 3.8) is 0 Å². The van der Waals surface area contributed by atoms with Crippen molar-refractivity contribution in [3.8, 4) is 0 Å². The van der Waals surface area contributed by atoms with Gasteiger partial charge in [0.2, 0.25) is 5.91 Å². The van der Waals surface area contributed by atoms with Crippen LogP contribution in [0.1, 0.15) is 34.0 Å². The van der Waals surface area contributed by atoms with Crippen molar-refractivity contribution < 1.29 is 4.79 Å². The number of carbonyl (C=O) groups excluding carboxylic acids is 1. The Balaban J connectivity index is 1.94. The average Bonchev–Trinajstić information content (AvgIpc) is 2.83. The Hall–Kier alpha value is -1.65. The van der Waals surface area contributed by atoms with Gasteiger partial charge in [-0.25, -0.2) is 0 Å². The third-order valence-electron chi connectivity index (χ3n) is 3.57. The zero-order valence-corrected chi connectivity index (χ0v) is 11.6. The third kappa shape index (κ3) is 2.29. The predicted octanol–water partition coefficient (Wildman–Crippen LogP) is 2.99. The van der Waals surface area contributed by atoms with Crippen LogP contribution in [-0.4, -0.2) is 5.91 Å². The summed E-state index contributed by atoms with van der Waals surface area (Å²) in [4.78, 5) is 12.6. The first kappa shape index (κ1) is 12.4. The molecule has 1 atom stereocenters. The highest BCUT2D eigenvalue weighted by atomic mass is 32.1. The molecule has 4 heteroatoms. The normalized spacial score (nSPS) is 15.8. The number of aryl methyl sites for hydroxylation is 2. The molecule has 0 saturated heterocycles. The van der Waals surface area contributed by atoms with Crippen LogP contribution in [0, 0.1) is 6.92 Å². The molecule has 2 heterocycles. The van der Waals surface area contributed by atoms with Gasteiger partial charge in [0, 0.05) is 17.0 Å². The average molecular weight is 272 g/mol. The van der Waals surface area contributed by atoms with Crippen molar-refractivity contribution in [2.75, 3.05) is 5.32 Å². The summed E-state index contributed by atoms with van der Waals surface area (Å²) in [6, 6.07) is 8.11. The van der Waals surface area contributed by atoms with Crippen LogP contribution in [0.4, 0.5) is 5.69 Å². The van der Waals surface area contributed by atoms with Crippen LogP contribution < -0.4 is 11.1 Å². The lowest BCUT2D eigenvalue weighted by atomic mass is 9.96. The van der Waals surface area contributed by atoms with Crippen molar-refractivity contribution in [1.29, 1.82) is 0 Å². The van der Waals surface area contributed by atoms with E-state index in [1.165, 1.54) is 16.0 Å². The van der Waals surface area contributed by atoms with Crippen LogP contribution in [0.2, 0.25) is 0 Å². The first-order valence-electron chi connectivity index (χ1n) is 6.37. The standard InChI is InChI=1S/C15H16N2OS/c1-9-6-7-19-15(9)14(16)11-2-4-12-10(8-11)3-5-13(18)17-12/h2,4,6-8,14H,3,5,16H2,1H3,(H,17,18). The van der Waals surface area contributed by atoms with Crippen molar-refractivity contribution >= 4 is 22.9 Å². The first-order valence-corrected chi connectivity index (χ1v) is 7.25. The Bertz CT molecular complexity index is 633. The maximum absolute atomic E-state index is 11.3. The Morgan fingerprint density at radius 1 is 1.32 bits per heavy atom. The molecule has 1 aromatic carbocycles. The molecular formula is C15H16N2OS.